The van der Waals surface area contributed by atoms with Crippen LogP contribution in [0.2, 0.25) is 0 Å². The van der Waals surface area contributed by atoms with Crippen molar-refractivity contribution in [3.63, 3.8) is 0 Å². The van der Waals surface area contributed by atoms with Crippen LogP contribution in [0.15, 0.2) is 24.3 Å². The van der Waals surface area contributed by atoms with E-state index in [1.165, 1.54) is 18.4 Å². The van der Waals surface area contributed by atoms with E-state index in [9.17, 15) is 0 Å². The second-order valence-electron chi connectivity index (χ2n) is 2.90. The van der Waals surface area contributed by atoms with E-state index in [4.69, 9.17) is 4.74 Å². The van der Waals surface area contributed by atoms with Crippen molar-refractivity contribution in [2.75, 3.05) is 13.2 Å². The third kappa shape index (κ3) is 8.68. The predicted molar refractivity (Wildman–Crippen MR) is 50.1 cm³/mol. The molecule has 74 valence electrons. The van der Waals surface area contributed by atoms with E-state index in [0.717, 1.165) is 13.2 Å². The number of aryl methyl sites for hydroxylation is 1. The van der Waals surface area contributed by atoms with Gasteiger partial charge in [-0.1, -0.05) is 6.92 Å². The number of ether oxygens (including phenoxy) is 1. The summed E-state index contributed by atoms with van der Waals surface area (Å²) >= 11 is 0. The molecule has 0 aromatic heterocycles. The molecule has 1 aromatic rings. The Labute approximate surface area is 105 Å². The summed E-state index contributed by atoms with van der Waals surface area (Å²) in [6.07, 6.45) is 2.56. The number of halogens is 1. The van der Waals surface area contributed by atoms with Crippen molar-refractivity contribution in [2.45, 2.75) is 19.8 Å². The zero-order valence-corrected chi connectivity index (χ0v) is 12.4. The second kappa shape index (κ2) is 11.2. The van der Waals surface area contributed by atoms with Gasteiger partial charge in [-0.25, -0.2) is 0 Å². The minimum absolute atomic E-state index is 0. The molecule has 1 nitrogen and oxygen atoms in total. The van der Waals surface area contributed by atoms with Gasteiger partial charge in [0.2, 0.25) is 0 Å². The molecule has 0 N–H and O–H groups in total. The number of benzene rings is 1. The molecule has 1 fully saturated rings. The Kier molecular flexibility index (Phi) is 13.2. The Hall–Kier alpha value is 0.0934. The monoisotopic (exact) mass is 262 g/mol. The van der Waals surface area contributed by atoms with Crippen LogP contribution in [0.4, 0.5) is 0 Å². The molecule has 0 radical (unpaired) electrons. The maximum atomic E-state index is 4.94. The quantitative estimate of drug-likeness (QED) is 0.457. The van der Waals surface area contributed by atoms with Crippen molar-refractivity contribution < 1.29 is 36.6 Å². The van der Waals surface area contributed by atoms with Gasteiger partial charge in [0.05, 0.1) is 0 Å². The summed E-state index contributed by atoms with van der Waals surface area (Å²) in [6, 6.07) is 10.8. The summed E-state index contributed by atoms with van der Waals surface area (Å²) in [5, 5.41) is 0. The van der Waals surface area contributed by atoms with Crippen LogP contribution in [0.5, 0.6) is 0 Å². The predicted octanol–water partition coefficient (Wildman–Crippen LogP) is -0.406. The molecule has 1 aliphatic rings. The fourth-order valence-corrected chi connectivity index (χ4v) is 0.981. The molecule has 3 heteroatoms. The zero-order chi connectivity index (χ0) is 8.65. The first-order chi connectivity index (χ1) is 5.89. The van der Waals surface area contributed by atoms with Crippen LogP contribution in [-0.2, 0) is 24.2 Å². The van der Waals surface area contributed by atoms with E-state index in [0.29, 0.717) is 0 Å². The SMILES string of the molecule is C1CCOC1.Cc1cc[c-]cc1.[Cl-].[Zn+2]. The van der Waals surface area contributed by atoms with Gasteiger partial charge in [0, 0.05) is 13.2 Å². The van der Waals surface area contributed by atoms with Crippen LogP contribution < -0.4 is 12.4 Å². The van der Waals surface area contributed by atoms with E-state index < -0.39 is 0 Å². The van der Waals surface area contributed by atoms with E-state index in [2.05, 4.69) is 13.0 Å². The Bertz CT molecular complexity index is 192. The third-order valence-electron chi connectivity index (χ3n) is 1.71. The fraction of sp³-hybridized carbons (Fsp3) is 0.455. The first kappa shape index (κ1) is 16.5. The number of rotatable bonds is 0. The first-order valence-corrected chi connectivity index (χ1v) is 4.40. The van der Waals surface area contributed by atoms with Gasteiger partial charge in [0.25, 0.3) is 0 Å². The standard InChI is InChI=1S/C7H7.C4H8O.ClH.Zn/c1-7-5-3-2-4-6-7;1-2-4-5-3-1;;/h3-6H,1H3;1-4H2;1H;/q-1;;;+2/p-1. The van der Waals surface area contributed by atoms with Gasteiger partial charge in [-0.2, -0.15) is 35.9 Å². The Balaban J connectivity index is 0. The van der Waals surface area contributed by atoms with Crippen molar-refractivity contribution in [3.05, 3.63) is 35.9 Å². The minimum Gasteiger partial charge on any atom is -1.00 e. The normalized spacial score (nSPS) is 12.9. The summed E-state index contributed by atoms with van der Waals surface area (Å²) in [5.74, 6) is 0. The summed E-state index contributed by atoms with van der Waals surface area (Å²) in [4.78, 5) is 0. The molecule has 0 aliphatic carbocycles. The maximum Gasteiger partial charge on any atom is 2.00 e. The van der Waals surface area contributed by atoms with Crippen molar-refractivity contribution in [2.24, 2.45) is 0 Å². The summed E-state index contributed by atoms with van der Waals surface area (Å²) in [5.41, 5.74) is 1.29. The molecule has 1 aliphatic heterocycles. The topological polar surface area (TPSA) is 9.23 Å². The smallest absolute Gasteiger partial charge is 1.00 e. The largest absolute Gasteiger partial charge is 2.00 e. The Morgan fingerprint density at radius 2 is 1.64 bits per heavy atom. The van der Waals surface area contributed by atoms with Crippen LogP contribution in [0.1, 0.15) is 18.4 Å². The molecule has 0 saturated carbocycles. The summed E-state index contributed by atoms with van der Waals surface area (Å²) < 4.78 is 4.94. The average molecular weight is 264 g/mol. The van der Waals surface area contributed by atoms with Gasteiger partial charge >= 0.3 is 19.5 Å². The van der Waals surface area contributed by atoms with Crippen LogP contribution in [0, 0.1) is 13.0 Å². The minimum atomic E-state index is 0. The molecule has 0 atom stereocenters. The second-order valence-corrected chi connectivity index (χ2v) is 2.90. The molecule has 2 rings (SSSR count). The molecular weight excluding hydrogens is 249 g/mol. The van der Waals surface area contributed by atoms with E-state index >= 15 is 0 Å². The maximum absolute atomic E-state index is 4.94. The van der Waals surface area contributed by atoms with Crippen molar-refractivity contribution in [3.8, 4) is 0 Å². The van der Waals surface area contributed by atoms with Crippen LogP contribution in [0.25, 0.3) is 0 Å². The Morgan fingerprint density at radius 3 is 1.86 bits per heavy atom. The molecule has 0 spiro atoms. The van der Waals surface area contributed by atoms with Gasteiger partial charge in [0.1, 0.15) is 0 Å². The van der Waals surface area contributed by atoms with Gasteiger partial charge in [-0.15, -0.1) is 0 Å². The first-order valence-electron chi connectivity index (χ1n) is 4.40. The molecule has 1 saturated heterocycles. The van der Waals surface area contributed by atoms with Crippen LogP contribution >= 0.6 is 0 Å². The molecule has 0 unspecified atom stereocenters. The fourth-order valence-electron chi connectivity index (χ4n) is 0.981. The summed E-state index contributed by atoms with van der Waals surface area (Å²) in [6.45, 7) is 4.06. The van der Waals surface area contributed by atoms with Gasteiger partial charge in [-0.3, -0.25) is 0 Å². The van der Waals surface area contributed by atoms with Crippen molar-refractivity contribution in [1.29, 1.82) is 0 Å². The molecule has 1 aromatic carbocycles. The molecule has 1 heterocycles. The summed E-state index contributed by atoms with van der Waals surface area (Å²) in [7, 11) is 0. The van der Waals surface area contributed by atoms with Crippen molar-refractivity contribution >= 4 is 0 Å². The third-order valence-corrected chi connectivity index (χ3v) is 1.71. The zero-order valence-electron chi connectivity index (χ0n) is 8.63. The Morgan fingerprint density at radius 1 is 1.14 bits per heavy atom. The van der Waals surface area contributed by atoms with Crippen LogP contribution in [-0.4, -0.2) is 13.2 Å². The number of hydrogen-bond donors (Lipinski definition) is 0. The van der Waals surface area contributed by atoms with Crippen molar-refractivity contribution in [1.82, 2.24) is 0 Å². The van der Waals surface area contributed by atoms with Crippen LogP contribution in [0.3, 0.4) is 0 Å². The molecule has 0 bridgehead atoms. The average Bonchev–Trinajstić information content (AvgIpc) is 2.62. The molecular formula is C11H15ClOZn. The van der Waals surface area contributed by atoms with E-state index in [1.807, 2.05) is 24.3 Å². The van der Waals surface area contributed by atoms with E-state index in [1.54, 1.807) is 0 Å². The van der Waals surface area contributed by atoms with Gasteiger partial charge in [0.15, 0.2) is 0 Å². The van der Waals surface area contributed by atoms with Gasteiger partial charge < -0.3 is 17.1 Å². The van der Waals surface area contributed by atoms with E-state index in [-0.39, 0.29) is 31.9 Å². The van der Waals surface area contributed by atoms with Gasteiger partial charge in [-0.05, 0) is 12.8 Å². The molecule has 14 heavy (non-hydrogen) atoms. The molecule has 0 amide bonds. The number of hydrogen-bond acceptors (Lipinski definition) is 1.